The van der Waals surface area contributed by atoms with Crippen molar-refractivity contribution in [2.24, 2.45) is 11.1 Å². The van der Waals surface area contributed by atoms with Crippen molar-refractivity contribution in [2.45, 2.75) is 26.6 Å². The van der Waals surface area contributed by atoms with Crippen molar-refractivity contribution >= 4 is 5.71 Å². The second-order valence-electron chi connectivity index (χ2n) is 2.50. The summed E-state index contributed by atoms with van der Waals surface area (Å²) in [5.41, 5.74) is 0.947. The summed E-state index contributed by atoms with van der Waals surface area (Å²) in [4.78, 5) is 4.57. The van der Waals surface area contributed by atoms with Crippen molar-refractivity contribution in [3.05, 3.63) is 0 Å². The van der Waals surface area contributed by atoms with Crippen LogP contribution in [0.4, 0.5) is 0 Å². The highest BCUT2D eigenvalue weighted by Gasteiger charge is 2.19. The predicted molar refractivity (Wildman–Crippen MR) is 34.0 cm³/mol. The van der Waals surface area contributed by atoms with Crippen molar-refractivity contribution in [2.75, 3.05) is 0 Å². The van der Waals surface area contributed by atoms with E-state index in [4.69, 9.17) is 5.11 Å². The summed E-state index contributed by atoms with van der Waals surface area (Å²) in [7, 11) is 0. The fraction of sp³-hybridized carbons (Fsp3) is 0.833. The maximum absolute atomic E-state index is 8.81. The van der Waals surface area contributed by atoms with Gasteiger partial charge in [0.05, 0.1) is 12.1 Å². The standard InChI is InChI=1S/C6H11NO2/c1-4(2)5-3-6(8)9-7-5/h4,6,8H,3H2,1-2H3. The first-order valence-corrected chi connectivity index (χ1v) is 3.11. The molecule has 1 atom stereocenters. The first-order valence-electron chi connectivity index (χ1n) is 3.11. The first kappa shape index (κ1) is 6.55. The molecule has 1 unspecified atom stereocenters. The van der Waals surface area contributed by atoms with E-state index in [0.717, 1.165) is 5.71 Å². The molecule has 0 fully saturated rings. The lowest BCUT2D eigenvalue weighted by Gasteiger charge is -1.99. The monoisotopic (exact) mass is 129 g/mol. The summed E-state index contributed by atoms with van der Waals surface area (Å²) >= 11 is 0. The van der Waals surface area contributed by atoms with E-state index in [1.54, 1.807) is 0 Å². The van der Waals surface area contributed by atoms with Crippen molar-refractivity contribution in [1.82, 2.24) is 0 Å². The summed E-state index contributed by atoms with van der Waals surface area (Å²) in [5.74, 6) is 0.391. The average Bonchev–Trinajstić information content (AvgIpc) is 2.14. The second kappa shape index (κ2) is 2.35. The Balaban J connectivity index is 2.45. The Kier molecular flexibility index (Phi) is 1.71. The van der Waals surface area contributed by atoms with Gasteiger partial charge in [-0.05, 0) is 5.92 Å². The Bertz CT molecular complexity index is 131. The third-order valence-electron chi connectivity index (χ3n) is 1.34. The zero-order valence-corrected chi connectivity index (χ0v) is 5.66. The van der Waals surface area contributed by atoms with E-state index in [2.05, 4.69) is 9.99 Å². The fourth-order valence-corrected chi connectivity index (χ4v) is 0.723. The topological polar surface area (TPSA) is 41.8 Å². The highest BCUT2D eigenvalue weighted by molar-refractivity contribution is 5.86. The van der Waals surface area contributed by atoms with Crippen molar-refractivity contribution in [3.63, 3.8) is 0 Å². The molecule has 0 saturated heterocycles. The zero-order chi connectivity index (χ0) is 6.85. The molecular formula is C6H11NO2. The molecule has 0 bridgehead atoms. The molecule has 1 heterocycles. The molecule has 3 heteroatoms. The van der Waals surface area contributed by atoms with E-state index >= 15 is 0 Å². The molecule has 9 heavy (non-hydrogen) atoms. The number of oxime groups is 1. The van der Waals surface area contributed by atoms with Gasteiger partial charge in [0.2, 0.25) is 6.29 Å². The van der Waals surface area contributed by atoms with Crippen LogP contribution in [-0.4, -0.2) is 17.1 Å². The minimum Gasteiger partial charge on any atom is -0.363 e. The number of aliphatic hydroxyl groups is 1. The van der Waals surface area contributed by atoms with Crippen LogP contribution in [0.5, 0.6) is 0 Å². The highest BCUT2D eigenvalue weighted by Crippen LogP contribution is 2.12. The van der Waals surface area contributed by atoms with E-state index in [-0.39, 0.29) is 0 Å². The van der Waals surface area contributed by atoms with Gasteiger partial charge in [0.15, 0.2) is 0 Å². The van der Waals surface area contributed by atoms with Gasteiger partial charge in [-0.1, -0.05) is 19.0 Å². The van der Waals surface area contributed by atoms with Gasteiger partial charge in [-0.25, -0.2) is 0 Å². The van der Waals surface area contributed by atoms with Crippen LogP contribution in [0.3, 0.4) is 0 Å². The number of nitrogens with zero attached hydrogens (tertiary/aromatic N) is 1. The van der Waals surface area contributed by atoms with Crippen LogP contribution in [0, 0.1) is 5.92 Å². The molecule has 3 nitrogen and oxygen atoms in total. The molecule has 0 amide bonds. The van der Waals surface area contributed by atoms with Gasteiger partial charge in [0.25, 0.3) is 0 Å². The summed E-state index contributed by atoms with van der Waals surface area (Å²) < 4.78 is 0. The Morgan fingerprint density at radius 3 is 2.67 bits per heavy atom. The van der Waals surface area contributed by atoms with E-state index < -0.39 is 6.29 Å². The molecule has 0 aromatic carbocycles. The van der Waals surface area contributed by atoms with Gasteiger partial charge in [-0.3, -0.25) is 0 Å². The molecular weight excluding hydrogens is 118 g/mol. The number of aliphatic hydroxyl groups excluding tert-OH is 1. The van der Waals surface area contributed by atoms with E-state index in [0.29, 0.717) is 12.3 Å². The molecule has 0 aromatic heterocycles. The molecule has 52 valence electrons. The smallest absolute Gasteiger partial charge is 0.229 e. The molecule has 0 spiro atoms. The van der Waals surface area contributed by atoms with Crippen LogP contribution < -0.4 is 0 Å². The molecule has 1 aliphatic heterocycles. The van der Waals surface area contributed by atoms with Gasteiger partial charge in [0.1, 0.15) is 0 Å². The number of hydrogen-bond donors (Lipinski definition) is 1. The van der Waals surface area contributed by atoms with Crippen molar-refractivity contribution < 1.29 is 9.94 Å². The van der Waals surface area contributed by atoms with E-state index in [1.807, 2.05) is 13.8 Å². The lowest BCUT2D eigenvalue weighted by atomic mass is 10.1. The van der Waals surface area contributed by atoms with Gasteiger partial charge in [0, 0.05) is 0 Å². The Morgan fingerprint density at radius 2 is 2.44 bits per heavy atom. The zero-order valence-electron chi connectivity index (χ0n) is 5.66. The SMILES string of the molecule is CC(C)C1=NOC(O)C1. The van der Waals surface area contributed by atoms with Crippen LogP contribution >= 0.6 is 0 Å². The Labute approximate surface area is 54.3 Å². The normalized spacial score (nSPS) is 26.2. The molecule has 0 radical (unpaired) electrons. The summed E-state index contributed by atoms with van der Waals surface area (Å²) in [6.07, 6.45) is -0.125. The average molecular weight is 129 g/mol. The molecule has 0 aromatic rings. The summed E-state index contributed by atoms with van der Waals surface area (Å²) in [6, 6.07) is 0. The fourth-order valence-electron chi connectivity index (χ4n) is 0.723. The highest BCUT2D eigenvalue weighted by atomic mass is 16.7. The minimum atomic E-state index is -0.692. The summed E-state index contributed by atoms with van der Waals surface area (Å²) in [5, 5.41) is 12.5. The second-order valence-corrected chi connectivity index (χ2v) is 2.50. The van der Waals surface area contributed by atoms with Crippen molar-refractivity contribution in [1.29, 1.82) is 0 Å². The van der Waals surface area contributed by atoms with E-state index in [1.165, 1.54) is 0 Å². The van der Waals surface area contributed by atoms with Gasteiger partial charge < -0.3 is 9.94 Å². The molecule has 1 aliphatic rings. The van der Waals surface area contributed by atoms with Gasteiger partial charge in [-0.2, -0.15) is 0 Å². The van der Waals surface area contributed by atoms with E-state index in [9.17, 15) is 0 Å². The maximum atomic E-state index is 8.81. The van der Waals surface area contributed by atoms with Gasteiger partial charge >= 0.3 is 0 Å². The third-order valence-corrected chi connectivity index (χ3v) is 1.34. The molecule has 1 rings (SSSR count). The molecule has 0 saturated carbocycles. The largest absolute Gasteiger partial charge is 0.363 e. The van der Waals surface area contributed by atoms with Crippen LogP contribution in [-0.2, 0) is 4.84 Å². The lowest BCUT2D eigenvalue weighted by Crippen LogP contribution is -2.09. The quantitative estimate of drug-likeness (QED) is 0.567. The van der Waals surface area contributed by atoms with Gasteiger partial charge in [-0.15, -0.1) is 0 Å². The first-order chi connectivity index (χ1) is 4.20. The Hall–Kier alpha value is -0.570. The molecule has 1 N–H and O–H groups in total. The Morgan fingerprint density at radius 1 is 1.78 bits per heavy atom. The maximum Gasteiger partial charge on any atom is 0.229 e. The third kappa shape index (κ3) is 1.42. The van der Waals surface area contributed by atoms with Crippen LogP contribution in [0.15, 0.2) is 5.16 Å². The number of rotatable bonds is 1. The van der Waals surface area contributed by atoms with Crippen molar-refractivity contribution in [3.8, 4) is 0 Å². The molecule has 0 aliphatic carbocycles. The van der Waals surface area contributed by atoms with Crippen LogP contribution in [0.2, 0.25) is 0 Å². The van der Waals surface area contributed by atoms with Crippen LogP contribution in [0.1, 0.15) is 20.3 Å². The predicted octanol–water partition coefficient (Wildman–Crippen LogP) is 0.737. The lowest BCUT2D eigenvalue weighted by molar-refractivity contribution is -0.0762. The number of hydrogen-bond acceptors (Lipinski definition) is 3. The summed E-state index contributed by atoms with van der Waals surface area (Å²) in [6.45, 7) is 4.06. The minimum absolute atomic E-state index is 0.391. The van der Waals surface area contributed by atoms with Crippen LogP contribution in [0.25, 0.3) is 0 Å².